The molecule has 4 aromatic rings. The number of rotatable bonds is 13. The van der Waals surface area contributed by atoms with Crippen LogP contribution in [0, 0.1) is 0 Å². The van der Waals surface area contributed by atoms with Gasteiger partial charge in [0.1, 0.15) is 12.3 Å². The topological polar surface area (TPSA) is 123 Å². The Labute approximate surface area is 261 Å². The normalized spacial score (nSPS) is 10.9. The molecule has 2 N–H and O–H groups in total. The number of ether oxygens (including phenoxy) is 3. The van der Waals surface area contributed by atoms with Crippen LogP contribution in [0.3, 0.4) is 0 Å². The van der Waals surface area contributed by atoms with Crippen molar-refractivity contribution in [1.82, 2.24) is 5.32 Å². The van der Waals surface area contributed by atoms with Gasteiger partial charge in [-0.25, -0.2) is 8.42 Å². The summed E-state index contributed by atoms with van der Waals surface area (Å²) >= 11 is 6.30. The zero-order chi connectivity index (χ0) is 31.7. The molecule has 2 amide bonds. The van der Waals surface area contributed by atoms with E-state index in [1.807, 2.05) is 12.1 Å². The molecule has 10 nitrogen and oxygen atoms in total. The predicted molar refractivity (Wildman–Crippen MR) is 170 cm³/mol. The second-order valence-electron chi connectivity index (χ2n) is 9.43. The van der Waals surface area contributed by atoms with Crippen LogP contribution >= 0.6 is 11.6 Å². The lowest BCUT2D eigenvalue weighted by Crippen LogP contribution is -2.38. The lowest BCUT2D eigenvalue weighted by atomic mass is 10.1. The van der Waals surface area contributed by atoms with Gasteiger partial charge in [-0.15, -0.1) is 0 Å². The molecule has 0 unspecified atom stereocenters. The van der Waals surface area contributed by atoms with Gasteiger partial charge < -0.3 is 24.8 Å². The summed E-state index contributed by atoms with van der Waals surface area (Å²) in [6.07, 6.45) is 0.525. The van der Waals surface area contributed by atoms with Gasteiger partial charge in [-0.3, -0.25) is 13.9 Å². The second-order valence-corrected chi connectivity index (χ2v) is 11.7. The first-order valence-electron chi connectivity index (χ1n) is 13.5. The van der Waals surface area contributed by atoms with E-state index in [9.17, 15) is 18.0 Å². The number of benzene rings is 4. The van der Waals surface area contributed by atoms with E-state index in [2.05, 4.69) is 10.6 Å². The molecule has 0 spiro atoms. The first kappa shape index (κ1) is 32.2. The molecule has 12 heteroatoms. The maximum Gasteiger partial charge on any atom is 0.264 e. The average Bonchev–Trinajstić information content (AvgIpc) is 3.04. The predicted octanol–water partition coefficient (Wildman–Crippen LogP) is 5.17. The van der Waals surface area contributed by atoms with Gasteiger partial charge in [-0.05, 0) is 66.6 Å². The number of hydrogen-bond acceptors (Lipinski definition) is 7. The molecular weight excluding hydrogens is 606 g/mol. The highest BCUT2D eigenvalue weighted by Crippen LogP contribution is 2.32. The Balaban J connectivity index is 1.51. The van der Waals surface area contributed by atoms with E-state index in [1.54, 1.807) is 62.8 Å². The number of carbonyl (C=O) groups is 2. The fraction of sp³-hybridized carbons (Fsp3) is 0.188. The largest absolute Gasteiger partial charge is 0.495 e. The molecule has 0 saturated carbocycles. The highest BCUT2D eigenvalue weighted by molar-refractivity contribution is 7.92. The fourth-order valence-electron chi connectivity index (χ4n) is 4.41. The fourth-order valence-corrected chi connectivity index (χ4v) is 6.09. The number of carbonyl (C=O) groups excluding carboxylic acids is 2. The number of halogens is 1. The first-order chi connectivity index (χ1) is 21.2. The summed E-state index contributed by atoms with van der Waals surface area (Å²) in [7, 11) is 0.376. The number of nitrogens with zero attached hydrogens (tertiary/aromatic N) is 1. The van der Waals surface area contributed by atoms with Crippen LogP contribution in [0.15, 0.2) is 95.9 Å². The monoisotopic (exact) mass is 637 g/mol. The summed E-state index contributed by atoms with van der Waals surface area (Å²) in [6.45, 7) is -0.271. The summed E-state index contributed by atoms with van der Waals surface area (Å²) in [5.41, 5.74) is 1.54. The Morgan fingerprint density at radius 2 is 1.45 bits per heavy atom. The van der Waals surface area contributed by atoms with E-state index < -0.39 is 28.4 Å². The van der Waals surface area contributed by atoms with Crippen LogP contribution in [0.2, 0.25) is 5.02 Å². The van der Waals surface area contributed by atoms with Crippen molar-refractivity contribution in [2.24, 2.45) is 0 Å². The van der Waals surface area contributed by atoms with Crippen LogP contribution in [-0.2, 0) is 21.2 Å². The summed E-state index contributed by atoms with van der Waals surface area (Å²) < 4.78 is 44.1. The van der Waals surface area contributed by atoms with Crippen molar-refractivity contribution in [3.63, 3.8) is 0 Å². The lowest BCUT2D eigenvalue weighted by Gasteiger charge is -2.25. The molecule has 0 aliphatic heterocycles. The Hall–Kier alpha value is -4.74. The SMILES string of the molecule is COc1ccc(N(CC(=O)Nc2ccccc2C(=O)NCCc2ccc(OC)c(OC)c2)S(=O)(=O)c2ccccc2)cc1Cl. The van der Waals surface area contributed by atoms with E-state index in [0.29, 0.717) is 30.2 Å². The smallest absolute Gasteiger partial charge is 0.264 e. The molecule has 0 aliphatic carbocycles. The van der Waals surface area contributed by atoms with Crippen LogP contribution < -0.4 is 29.1 Å². The molecular formula is C32H32ClN3O7S. The Morgan fingerprint density at radius 1 is 0.795 bits per heavy atom. The Morgan fingerprint density at radius 3 is 2.14 bits per heavy atom. The second kappa shape index (κ2) is 14.6. The molecule has 0 heterocycles. The van der Waals surface area contributed by atoms with Crippen molar-refractivity contribution in [2.45, 2.75) is 11.3 Å². The summed E-state index contributed by atoms with van der Waals surface area (Å²) in [6, 6.07) is 24.2. The number of hydrogen-bond donors (Lipinski definition) is 2. The van der Waals surface area contributed by atoms with E-state index in [-0.39, 0.29) is 26.9 Å². The molecule has 0 bridgehead atoms. The van der Waals surface area contributed by atoms with Gasteiger partial charge in [0.05, 0.1) is 48.2 Å². The van der Waals surface area contributed by atoms with Gasteiger partial charge >= 0.3 is 0 Å². The highest BCUT2D eigenvalue weighted by Gasteiger charge is 2.28. The van der Waals surface area contributed by atoms with Crippen LogP contribution in [0.5, 0.6) is 17.2 Å². The molecule has 0 aromatic heterocycles. The molecule has 44 heavy (non-hydrogen) atoms. The maximum absolute atomic E-state index is 13.7. The van der Waals surface area contributed by atoms with Gasteiger partial charge in [0.25, 0.3) is 15.9 Å². The molecule has 4 aromatic carbocycles. The van der Waals surface area contributed by atoms with E-state index >= 15 is 0 Å². The van der Waals surface area contributed by atoms with Crippen LogP contribution in [0.4, 0.5) is 11.4 Å². The molecule has 0 saturated heterocycles. The van der Waals surface area contributed by atoms with Crippen molar-refractivity contribution in [3.05, 3.63) is 107 Å². The number of amides is 2. The number of anilines is 2. The van der Waals surface area contributed by atoms with Crippen molar-refractivity contribution in [2.75, 3.05) is 44.0 Å². The minimum absolute atomic E-state index is 0.00556. The average molecular weight is 638 g/mol. The zero-order valence-corrected chi connectivity index (χ0v) is 25.9. The molecule has 4 rings (SSSR count). The van der Waals surface area contributed by atoms with Gasteiger partial charge in [-0.1, -0.05) is 48.0 Å². The van der Waals surface area contributed by atoms with Crippen molar-refractivity contribution >= 4 is 44.8 Å². The summed E-state index contributed by atoms with van der Waals surface area (Å²) in [5, 5.41) is 5.73. The third-order valence-corrected chi connectivity index (χ3v) is 8.72. The van der Waals surface area contributed by atoms with Gasteiger partial charge in [0, 0.05) is 6.54 Å². The lowest BCUT2D eigenvalue weighted by molar-refractivity contribution is -0.114. The minimum Gasteiger partial charge on any atom is -0.495 e. The Kier molecular flexibility index (Phi) is 10.7. The molecule has 0 atom stereocenters. The third kappa shape index (κ3) is 7.61. The number of nitrogens with one attached hydrogen (secondary N) is 2. The van der Waals surface area contributed by atoms with Crippen molar-refractivity contribution < 1.29 is 32.2 Å². The summed E-state index contributed by atoms with van der Waals surface area (Å²) in [5.74, 6) is 0.474. The molecule has 0 fully saturated rings. The minimum atomic E-state index is -4.18. The standard InChI is InChI=1S/C32H32ClN3O7S/c1-41-28-16-14-23(20-26(28)33)36(44(39,40)24-9-5-4-6-10-24)21-31(37)35-27-12-8-7-11-25(27)32(38)34-18-17-22-13-15-29(42-2)30(19-22)43-3/h4-16,19-20H,17-18,21H2,1-3H3,(H,34,38)(H,35,37). The zero-order valence-electron chi connectivity index (χ0n) is 24.4. The van der Waals surface area contributed by atoms with Gasteiger partial charge in [0.15, 0.2) is 11.5 Å². The maximum atomic E-state index is 13.7. The molecule has 0 aliphatic rings. The molecule has 230 valence electrons. The third-order valence-electron chi connectivity index (χ3n) is 6.63. The summed E-state index contributed by atoms with van der Waals surface area (Å²) in [4.78, 5) is 26.4. The van der Waals surface area contributed by atoms with E-state index in [0.717, 1.165) is 9.87 Å². The van der Waals surface area contributed by atoms with Crippen LogP contribution in [0.1, 0.15) is 15.9 Å². The van der Waals surface area contributed by atoms with Gasteiger partial charge in [0.2, 0.25) is 5.91 Å². The van der Waals surface area contributed by atoms with E-state index in [1.165, 1.54) is 37.4 Å². The number of para-hydroxylation sites is 1. The van der Waals surface area contributed by atoms with Crippen molar-refractivity contribution in [1.29, 1.82) is 0 Å². The highest BCUT2D eigenvalue weighted by atomic mass is 35.5. The first-order valence-corrected chi connectivity index (χ1v) is 15.3. The van der Waals surface area contributed by atoms with E-state index in [4.69, 9.17) is 25.8 Å². The van der Waals surface area contributed by atoms with Crippen molar-refractivity contribution in [3.8, 4) is 17.2 Å². The number of methoxy groups -OCH3 is 3. The van der Waals surface area contributed by atoms with Crippen LogP contribution in [0.25, 0.3) is 0 Å². The quantitative estimate of drug-likeness (QED) is 0.207. The number of sulfonamides is 1. The Bertz CT molecular complexity index is 1730. The van der Waals surface area contributed by atoms with Crippen LogP contribution in [-0.4, -0.2) is 54.7 Å². The molecule has 0 radical (unpaired) electrons. The van der Waals surface area contributed by atoms with Gasteiger partial charge in [-0.2, -0.15) is 0 Å².